The molecule has 27 heavy (non-hydrogen) atoms. The van der Waals surface area contributed by atoms with E-state index in [1.807, 2.05) is 11.6 Å². The van der Waals surface area contributed by atoms with Crippen LogP contribution in [0, 0.1) is 27.7 Å². The number of halogens is 1. The Morgan fingerprint density at radius 2 is 1.70 bits per heavy atom. The van der Waals surface area contributed by atoms with Crippen molar-refractivity contribution in [3.05, 3.63) is 46.8 Å². The fraction of sp³-hybridized carbons (Fsp3) is 0.500. The molecule has 0 fully saturated rings. The van der Waals surface area contributed by atoms with Crippen molar-refractivity contribution in [2.45, 2.75) is 40.7 Å². The highest BCUT2D eigenvalue weighted by atomic mass is 127. The van der Waals surface area contributed by atoms with Crippen molar-refractivity contribution >= 4 is 29.9 Å². The highest BCUT2D eigenvalue weighted by molar-refractivity contribution is 14.0. The predicted octanol–water partition coefficient (Wildman–Crippen LogP) is 3.37. The van der Waals surface area contributed by atoms with Crippen LogP contribution < -0.4 is 15.4 Å². The average molecular weight is 485 g/mol. The first-order chi connectivity index (χ1) is 12.5. The number of ether oxygens (including phenoxy) is 1. The second kappa shape index (κ2) is 11.8. The Morgan fingerprint density at radius 1 is 1.04 bits per heavy atom. The molecule has 0 saturated heterocycles. The highest BCUT2D eigenvalue weighted by Crippen LogP contribution is 2.15. The van der Waals surface area contributed by atoms with Crippen LogP contribution in [-0.4, -0.2) is 42.5 Å². The van der Waals surface area contributed by atoms with E-state index in [0.29, 0.717) is 13.2 Å². The topological polar surface area (TPSA) is 63.5 Å². The minimum Gasteiger partial charge on any atom is -0.492 e. The lowest BCUT2D eigenvalue weighted by atomic mass is 10.1. The van der Waals surface area contributed by atoms with Crippen LogP contribution in [0.2, 0.25) is 0 Å². The van der Waals surface area contributed by atoms with Crippen LogP contribution in [0.5, 0.6) is 5.75 Å². The van der Waals surface area contributed by atoms with E-state index >= 15 is 0 Å². The fourth-order valence-corrected chi connectivity index (χ4v) is 2.91. The van der Waals surface area contributed by atoms with Gasteiger partial charge in [-0.1, -0.05) is 6.07 Å². The van der Waals surface area contributed by atoms with Crippen LogP contribution in [0.1, 0.15) is 28.9 Å². The number of hydrogen-bond donors (Lipinski definition) is 2. The van der Waals surface area contributed by atoms with E-state index in [-0.39, 0.29) is 24.0 Å². The van der Waals surface area contributed by atoms with Gasteiger partial charge in [-0.25, -0.2) is 0 Å². The second-order valence-electron chi connectivity index (χ2n) is 6.60. The molecule has 0 atom stereocenters. The normalized spacial score (nSPS) is 11.1. The van der Waals surface area contributed by atoms with Gasteiger partial charge >= 0.3 is 0 Å². The minimum absolute atomic E-state index is 0. The number of aliphatic imine (C=N–C) groups is 1. The van der Waals surface area contributed by atoms with Crippen molar-refractivity contribution in [3.8, 4) is 5.75 Å². The summed E-state index contributed by atoms with van der Waals surface area (Å²) in [7, 11) is 1.78. The van der Waals surface area contributed by atoms with Gasteiger partial charge in [0, 0.05) is 25.8 Å². The van der Waals surface area contributed by atoms with E-state index in [9.17, 15) is 0 Å². The van der Waals surface area contributed by atoms with E-state index in [1.54, 1.807) is 7.05 Å². The largest absolute Gasteiger partial charge is 0.492 e. The van der Waals surface area contributed by atoms with Crippen LogP contribution in [-0.2, 0) is 6.54 Å². The quantitative estimate of drug-likeness (QED) is 0.261. The van der Waals surface area contributed by atoms with E-state index in [0.717, 1.165) is 36.9 Å². The SMILES string of the molecule is CN=C(NCCCn1nc(C)cc1C)NCCOc1cc(C)cc(C)c1.I. The number of guanidine groups is 1. The van der Waals surface area contributed by atoms with Crippen molar-refractivity contribution in [1.82, 2.24) is 20.4 Å². The van der Waals surface area contributed by atoms with Gasteiger partial charge in [-0.3, -0.25) is 9.67 Å². The van der Waals surface area contributed by atoms with Crippen molar-refractivity contribution in [3.63, 3.8) is 0 Å². The van der Waals surface area contributed by atoms with E-state index in [2.05, 4.69) is 65.8 Å². The van der Waals surface area contributed by atoms with Gasteiger partial charge in [0.2, 0.25) is 0 Å². The zero-order chi connectivity index (χ0) is 18.9. The van der Waals surface area contributed by atoms with Gasteiger partial charge < -0.3 is 15.4 Å². The summed E-state index contributed by atoms with van der Waals surface area (Å²) in [5.41, 5.74) is 4.70. The van der Waals surface area contributed by atoms with Gasteiger partial charge in [-0.2, -0.15) is 5.10 Å². The molecule has 150 valence electrons. The van der Waals surface area contributed by atoms with E-state index in [4.69, 9.17) is 4.74 Å². The zero-order valence-corrected chi connectivity index (χ0v) is 19.3. The van der Waals surface area contributed by atoms with Crippen molar-refractivity contribution < 1.29 is 4.74 Å². The molecular weight excluding hydrogens is 453 g/mol. The second-order valence-corrected chi connectivity index (χ2v) is 6.60. The molecule has 1 aromatic carbocycles. The lowest BCUT2D eigenvalue weighted by Crippen LogP contribution is -2.39. The van der Waals surface area contributed by atoms with Gasteiger partial charge in [0.25, 0.3) is 0 Å². The lowest BCUT2D eigenvalue weighted by molar-refractivity contribution is 0.321. The Balaban J connectivity index is 0.00000364. The number of hydrogen-bond acceptors (Lipinski definition) is 3. The van der Waals surface area contributed by atoms with Gasteiger partial charge in [-0.15, -0.1) is 24.0 Å². The van der Waals surface area contributed by atoms with Crippen molar-refractivity contribution in [2.75, 3.05) is 26.7 Å². The number of nitrogens with zero attached hydrogens (tertiary/aromatic N) is 3. The molecule has 0 bridgehead atoms. The van der Waals surface area contributed by atoms with Crippen LogP contribution in [0.15, 0.2) is 29.3 Å². The summed E-state index contributed by atoms with van der Waals surface area (Å²) < 4.78 is 7.85. The molecule has 2 rings (SSSR count). The molecule has 0 spiro atoms. The van der Waals surface area contributed by atoms with Crippen LogP contribution in [0.4, 0.5) is 0 Å². The number of benzene rings is 1. The number of nitrogens with one attached hydrogen (secondary N) is 2. The number of aromatic nitrogens is 2. The molecule has 2 aromatic rings. The molecule has 6 nitrogen and oxygen atoms in total. The van der Waals surface area contributed by atoms with Gasteiger partial charge in [-0.05, 0) is 63.4 Å². The van der Waals surface area contributed by atoms with Crippen LogP contribution in [0.25, 0.3) is 0 Å². The third-order valence-corrected chi connectivity index (χ3v) is 4.02. The Kier molecular flexibility index (Phi) is 10.2. The molecule has 0 aliphatic rings. The molecule has 0 amide bonds. The molecule has 2 N–H and O–H groups in total. The van der Waals surface area contributed by atoms with Crippen molar-refractivity contribution in [2.24, 2.45) is 4.99 Å². The first-order valence-electron chi connectivity index (χ1n) is 9.14. The molecule has 1 aromatic heterocycles. The van der Waals surface area contributed by atoms with Crippen LogP contribution >= 0.6 is 24.0 Å². The van der Waals surface area contributed by atoms with Gasteiger partial charge in [0.1, 0.15) is 12.4 Å². The zero-order valence-electron chi connectivity index (χ0n) is 17.0. The standard InChI is InChI=1S/C20H31N5O.HI/c1-15-11-16(2)13-19(12-15)26-10-8-23-20(21-5)22-7-6-9-25-18(4)14-17(3)24-25;/h11-14H,6-10H2,1-5H3,(H2,21,22,23);1H. The molecule has 0 unspecified atom stereocenters. The fourth-order valence-electron chi connectivity index (χ4n) is 2.91. The molecule has 0 aliphatic heterocycles. The first kappa shape index (κ1) is 23.3. The molecule has 7 heteroatoms. The smallest absolute Gasteiger partial charge is 0.191 e. The Bertz CT molecular complexity index is 722. The Morgan fingerprint density at radius 3 is 2.30 bits per heavy atom. The summed E-state index contributed by atoms with van der Waals surface area (Å²) in [6, 6.07) is 8.35. The third-order valence-electron chi connectivity index (χ3n) is 4.02. The maximum absolute atomic E-state index is 5.80. The predicted molar refractivity (Wildman–Crippen MR) is 123 cm³/mol. The summed E-state index contributed by atoms with van der Waals surface area (Å²) in [6.07, 6.45) is 0.988. The van der Waals surface area contributed by atoms with E-state index < -0.39 is 0 Å². The summed E-state index contributed by atoms with van der Waals surface area (Å²) >= 11 is 0. The van der Waals surface area contributed by atoms with Gasteiger partial charge in [0.15, 0.2) is 5.96 Å². The average Bonchev–Trinajstić information content (AvgIpc) is 2.90. The molecule has 0 saturated carbocycles. The summed E-state index contributed by atoms with van der Waals surface area (Å²) in [5.74, 6) is 1.71. The molecular formula is C20H32IN5O. The molecule has 0 aliphatic carbocycles. The van der Waals surface area contributed by atoms with Crippen molar-refractivity contribution in [1.29, 1.82) is 0 Å². The van der Waals surface area contributed by atoms with E-state index in [1.165, 1.54) is 16.8 Å². The molecule has 0 radical (unpaired) electrons. The summed E-state index contributed by atoms with van der Waals surface area (Å²) in [5, 5.41) is 11.1. The maximum atomic E-state index is 5.80. The van der Waals surface area contributed by atoms with Gasteiger partial charge in [0.05, 0.1) is 12.2 Å². The maximum Gasteiger partial charge on any atom is 0.191 e. The summed E-state index contributed by atoms with van der Waals surface area (Å²) in [6.45, 7) is 11.3. The Hall–Kier alpha value is -1.77. The molecule has 1 heterocycles. The third kappa shape index (κ3) is 8.19. The lowest BCUT2D eigenvalue weighted by Gasteiger charge is -2.13. The number of rotatable bonds is 8. The highest BCUT2D eigenvalue weighted by Gasteiger charge is 2.02. The minimum atomic E-state index is 0. The van der Waals surface area contributed by atoms with Crippen LogP contribution in [0.3, 0.4) is 0 Å². The Labute approximate surface area is 179 Å². The first-order valence-corrected chi connectivity index (χ1v) is 9.14. The number of aryl methyl sites for hydroxylation is 5. The monoisotopic (exact) mass is 485 g/mol. The summed E-state index contributed by atoms with van der Waals surface area (Å²) in [4.78, 5) is 4.24.